The zero-order valence-electron chi connectivity index (χ0n) is 21.5. The minimum absolute atomic E-state index is 0.126. The van der Waals surface area contributed by atoms with Crippen LogP contribution in [0.3, 0.4) is 0 Å². The van der Waals surface area contributed by atoms with Crippen molar-refractivity contribution in [1.82, 2.24) is 14.9 Å². The topological polar surface area (TPSA) is 146 Å². The number of esters is 1. The van der Waals surface area contributed by atoms with Crippen molar-refractivity contribution in [2.45, 2.75) is 52.2 Å². The van der Waals surface area contributed by atoms with Crippen molar-refractivity contribution in [3.8, 4) is 5.75 Å². The van der Waals surface area contributed by atoms with Gasteiger partial charge in [0.25, 0.3) is 11.5 Å². The summed E-state index contributed by atoms with van der Waals surface area (Å²) < 4.78 is 11.9. The molecule has 2 N–H and O–H groups in total. The first-order valence-electron chi connectivity index (χ1n) is 12.0. The molecule has 1 aliphatic heterocycles. The van der Waals surface area contributed by atoms with Crippen LogP contribution in [0.2, 0.25) is 0 Å². The lowest BCUT2D eigenvalue weighted by Gasteiger charge is -2.24. The van der Waals surface area contributed by atoms with Crippen LogP contribution in [0.15, 0.2) is 47.3 Å². The third-order valence-corrected chi connectivity index (χ3v) is 5.77. The normalized spacial score (nSPS) is 15.6. The summed E-state index contributed by atoms with van der Waals surface area (Å²) >= 11 is 0. The molecule has 0 aliphatic carbocycles. The lowest BCUT2D eigenvalue weighted by molar-refractivity contribution is -0.157. The minimum Gasteiger partial charge on any atom is -0.482 e. The molecule has 1 aliphatic rings. The van der Waals surface area contributed by atoms with Crippen LogP contribution in [-0.2, 0) is 19.1 Å². The Morgan fingerprint density at radius 3 is 2.47 bits per heavy atom. The van der Waals surface area contributed by atoms with E-state index in [4.69, 9.17) is 9.47 Å². The number of hydrogen-bond acceptors (Lipinski definition) is 8. The maximum Gasteiger partial charge on any atom is 0.344 e. The quantitative estimate of drug-likeness (QED) is 0.373. The Morgan fingerprint density at radius 1 is 1.11 bits per heavy atom. The fourth-order valence-corrected chi connectivity index (χ4v) is 4.14. The monoisotopic (exact) mass is 520 g/mol. The Bertz CT molecular complexity index is 1490. The Labute approximate surface area is 218 Å². The molecule has 198 valence electrons. The maximum atomic E-state index is 13.3. The SMILES string of the molecule is Cc1nc2c(NC(=O)c3ccc(OCC(=O)OC(C)(C)C)cc3)cccc2c(=O)n1C1CCC(=O)NC1=O. The molecule has 1 aromatic heterocycles. The van der Waals surface area contributed by atoms with Crippen LogP contribution in [0, 0.1) is 6.92 Å². The first-order chi connectivity index (χ1) is 17.9. The van der Waals surface area contributed by atoms with Crippen LogP contribution in [0.25, 0.3) is 10.9 Å². The molecule has 3 amide bonds. The third-order valence-electron chi connectivity index (χ3n) is 5.77. The number of anilines is 1. The van der Waals surface area contributed by atoms with E-state index in [1.165, 1.54) is 4.57 Å². The predicted octanol–water partition coefficient (Wildman–Crippen LogP) is 2.66. The summed E-state index contributed by atoms with van der Waals surface area (Å²) in [6, 6.07) is 10.2. The molecule has 0 saturated carbocycles. The first-order valence-corrected chi connectivity index (χ1v) is 12.0. The van der Waals surface area contributed by atoms with Crippen LogP contribution in [-0.4, -0.2) is 45.4 Å². The molecular weight excluding hydrogens is 492 g/mol. The molecule has 0 radical (unpaired) electrons. The van der Waals surface area contributed by atoms with E-state index in [0.29, 0.717) is 17.0 Å². The number of nitrogens with zero attached hydrogens (tertiary/aromatic N) is 2. The highest BCUT2D eigenvalue weighted by atomic mass is 16.6. The van der Waals surface area contributed by atoms with E-state index in [1.807, 2.05) is 0 Å². The van der Waals surface area contributed by atoms with Gasteiger partial charge in [0.05, 0.1) is 11.1 Å². The number of carbonyl (C=O) groups excluding carboxylic acids is 4. The predicted molar refractivity (Wildman–Crippen MR) is 138 cm³/mol. The number of hydrogen-bond donors (Lipinski definition) is 2. The molecular formula is C27H28N4O7. The van der Waals surface area contributed by atoms with Gasteiger partial charge in [-0.2, -0.15) is 0 Å². The van der Waals surface area contributed by atoms with Gasteiger partial charge in [-0.25, -0.2) is 9.78 Å². The maximum absolute atomic E-state index is 13.3. The van der Waals surface area contributed by atoms with Crippen molar-refractivity contribution in [2.24, 2.45) is 0 Å². The third kappa shape index (κ3) is 5.88. The summed E-state index contributed by atoms with van der Waals surface area (Å²) in [5.74, 6) is -1.19. The Morgan fingerprint density at radius 2 is 1.82 bits per heavy atom. The zero-order valence-corrected chi connectivity index (χ0v) is 21.5. The fourth-order valence-electron chi connectivity index (χ4n) is 4.14. The van der Waals surface area contributed by atoms with Gasteiger partial charge < -0.3 is 14.8 Å². The van der Waals surface area contributed by atoms with Gasteiger partial charge in [-0.15, -0.1) is 0 Å². The van der Waals surface area contributed by atoms with Crippen molar-refractivity contribution in [2.75, 3.05) is 11.9 Å². The molecule has 4 rings (SSSR count). The van der Waals surface area contributed by atoms with Crippen LogP contribution in [0.5, 0.6) is 5.75 Å². The molecule has 38 heavy (non-hydrogen) atoms. The number of aromatic nitrogens is 2. The second-order valence-corrected chi connectivity index (χ2v) is 9.86. The molecule has 0 spiro atoms. The van der Waals surface area contributed by atoms with Crippen LogP contribution in [0.1, 0.15) is 55.8 Å². The van der Waals surface area contributed by atoms with Crippen molar-refractivity contribution in [3.63, 3.8) is 0 Å². The van der Waals surface area contributed by atoms with Gasteiger partial charge in [0.1, 0.15) is 28.7 Å². The number of benzene rings is 2. The summed E-state index contributed by atoms with van der Waals surface area (Å²) in [5.41, 5.74) is -0.127. The summed E-state index contributed by atoms with van der Waals surface area (Å²) in [6.45, 7) is 6.62. The van der Waals surface area contributed by atoms with Gasteiger partial charge in [0.15, 0.2) is 6.61 Å². The van der Waals surface area contributed by atoms with Gasteiger partial charge in [-0.05, 0) is 70.5 Å². The number of carbonyl (C=O) groups is 4. The standard InChI is InChI=1S/C27H28N4O7/c1-15-28-23-18(26(36)31(15)20-12-13-21(32)30-25(20)35)6-5-7-19(23)29-24(34)16-8-10-17(11-9-16)37-14-22(33)38-27(2,3)4/h5-11,20H,12-14H2,1-4H3,(H,29,34)(H,30,32,35). The smallest absolute Gasteiger partial charge is 0.344 e. The van der Waals surface area contributed by atoms with E-state index in [2.05, 4.69) is 15.6 Å². The number of aryl methyl sites for hydroxylation is 1. The number of rotatable bonds is 6. The number of piperidine rings is 1. The highest BCUT2D eigenvalue weighted by Gasteiger charge is 2.30. The van der Waals surface area contributed by atoms with E-state index in [-0.39, 0.29) is 42.1 Å². The highest BCUT2D eigenvalue weighted by molar-refractivity contribution is 6.08. The van der Waals surface area contributed by atoms with E-state index in [0.717, 1.165) is 0 Å². The number of imide groups is 1. The van der Waals surface area contributed by atoms with Crippen LogP contribution < -0.4 is 20.9 Å². The van der Waals surface area contributed by atoms with Crippen molar-refractivity contribution in [3.05, 3.63) is 64.2 Å². The first kappa shape index (κ1) is 26.5. The van der Waals surface area contributed by atoms with Crippen molar-refractivity contribution in [1.29, 1.82) is 0 Å². The Hall–Kier alpha value is -4.54. The summed E-state index contributed by atoms with van der Waals surface area (Å²) in [6.07, 6.45) is 0.327. The van der Waals surface area contributed by atoms with Gasteiger partial charge in [0, 0.05) is 12.0 Å². The molecule has 0 bridgehead atoms. The number of amides is 3. The molecule has 1 saturated heterocycles. The Balaban J connectivity index is 1.51. The number of para-hydroxylation sites is 1. The summed E-state index contributed by atoms with van der Waals surface area (Å²) in [4.78, 5) is 66.5. The molecule has 1 unspecified atom stereocenters. The number of nitrogens with one attached hydrogen (secondary N) is 2. The van der Waals surface area contributed by atoms with E-state index >= 15 is 0 Å². The number of fused-ring (bicyclic) bond motifs is 1. The fraction of sp³-hybridized carbons (Fsp3) is 0.333. The van der Waals surface area contributed by atoms with Gasteiger partial charge in [-0.1, -0.05) is 6.07 Å². The molecule has 2 aromatic carbocycles. The van der Waals surface area contributed by atoms with Gasteiger partial charge >= 0.3 is 5.97 Å². The van der Waals surface area contributed by atoms with E-state index in [1.54, 1.807) is 70.2 Å². The van der Waals surface area contributed by atoms with Crippen molar-refractivity contribution < 1.29 is 28.7 Å². The average molecular weight is 521 g/mol. The largest absolute Gasteiger partial charge is 0.482 e. The molecule has 11 nitrogen and oxygen atoms in total. The summed E-state index contributed by atoms with van der Waals surface area (Å²) in [5, 5.41) is 5.26. The van der Waals surface area contributed by atoms with E-state index < -0.39 is 35.0 Å². The molecule has 11 heteroatoms. The van der Waals surface area contributed by atoms with Crippen LogP contribution in [0.4, 0.5) is 5.69 Å². The number of ether oxygens (including phenoxy) is 2. The molecule has 1 atom stereocenters. The van der Waals surface area contributed by atoms with Crippen LogP contribution >= 0.6 is 0 Å². The zero-order chi connectivity index (χ0) is 27.6. The summed E-state index contributed by atoms with van der Waals surface area (Å²) in [7, 11) is 0. The van der Waals surface area contributed by atoms with Crippen molar-refractivity contribution >= 4 is 40.3 Å². The highest BCUT2D eigenvalue weighted by Crippen LogP contribution is 2.24. The second kappa shape index (κ2) is 10.4. The van der Waals surface area contributed by atoms with Gasteiger partial charge in [-0.3, -0.25) is 29.1 Å². The molecule has 2 heterocycles. The lowest BCUT2D eigenvalue weighted by atomic mass is 10.1. The molecule has 1 fully saturated rings. The van der Waals surface area contributed by atoms with Gasteiger partial charge in [0.2, 0.25) is 11.8 Å². The average Bonchev–Trinajstić information content (AvgIpc) is 2.84. The lowest BCUT2D eigenvalue weighted by Crippen LogP contribution is -2.45. The molecule has 3 aromatic rings. The van der Waals surface area contributed by atoms with E-state index in [9.17, 15) is 24.0 Å². The minimum atomic E-state index is -0.841. The Kier molecular flexibility index (Phi) is 7.29. The second-order valence-electron chi connectivity index (χ2n) is 9.86.